The molecule has 0 aliphatic heterocycles. The van der Waals surface area contributed by atoms with Crippen LogP contribution in [0.4, 0.5) is 4.39 Å². The van der Waals surface area contributed by atoms with Crippen LogP contribution in [-0.2, 0) is 0 Å². The minimum Gasteiger partial charge on any atom is -0.495 e. The Morgan fingerprint density at radius 2 is 1.82 bits per heavy atom. The molecule has 0 fully saturated rings. The number of methoxy groups -OCH3 is 1. The Bertz CT molecular complexity index is 688. The first-order chi connectivity index (χ1) is 10.5. The number of halogens is 2. The number of hydrogen-bond donors (Lipinski definition) is 0. The van der Waals surface area contributed by atoms with Crippen molar-refractivity contribution < 1.29 is 9.13 Å². The quantitative estimate of drug-likeness (QED) is 0.641. The molecule has 2 aromatic rings. The van der Waals surface area contributed by atoms with Gasteiger partial charge in [0.15, 0.2) is 0 Å². The molecule has 22 heavy (non-hydrogen) atoms. The maximum Gasteiger partial charge on any atom is 0.145 e. The number of ether oxygens (including phenoxy) is 1. The summed E-state index contributed by atoms with van der Waals surface area (Å²) >= 11 is 6.41. The van der Waals surface area contributed by atoms with Crippen molar-refractivity contribution in [2.75, 3.05) is 7.11 Å². The van der Waals surface area contributed by atoms with Crippen LogP contribution in [0.2, 0.25) is 5.02 Å². The van der Waals surface area contributed by atoms with Gasteiger partial charge in [0.2, 0.25) is 0 Å². The molecule has 0 atom stereocenters. The molecule has 0 aliphatic rings. The standard InChI is InChI=1S/C19H20ClFO/c1-5-6-15-16(12(2)3)11-17(20)19(22-4)18(15)13-7-9-14(21)10-8-13/h5-12H,1-4H3. The molecule has 0 aromatic heterocycles. The van der Waals surface area contributed by atoms with Crippen molar-refractivity contribution in [3.8, 4) is 16.9 Å². The fourth-order valence-corrected chi connectivity index (χ4v) is 2.88. The van der Waals surface area contributed by atoms with Gasteiger partial charge in [-0.1, -0.05) is 49.7 Å². The second kappa shape index (κ2) is 6.97. The molecule has 3 heteroatoms. The molecule has 0 aliphatic carbocycles. The Balaban J connectivity index is 2.85. The summed E-state index contributed by atoms with van der Waals surface area (Å²) in [4.78, 5) is 0. The first-order valence-corrected chi connectivity index (χ1v) is 7.66. The molecular formula is C19H20ClFO. The fourth-order valence-electron chi connectivity index (χ4n) is 2.59. The Kier molecular flexibility index (Phi) is 5.25. The van der Waals surface area contributed by atoms with Gasteiger partial charge in [-0.3, -0.25) is 0 Å². The zero-order chi connectivity index (χ0) is 16.3. The number of hydrogen-bond acceptors (Lipinski definition) is 1. The van der Waals surface area contributed by atoms with Gasteiger partial charge >= 0.3 is 0 Å². The maximum atomic E-state index is 13.2. The molecular weight excluding hydrogens is 299 g/mol. The molecule has 116 valence electrons. The lowest BCUT2D eigenvalue weighted by atomic mass is 9.89. The summed E-state index contributed by atoms with van der Waals surface area (Å²) in [7, 11) is 1.60. The molecule has 1 nitrogen and oxygen atoms in total. The summed E-state index contributed by atoms with van der Waals surface area (Å²) in [6.45, 7) is 6.22. The smallest absolute Gasteiger partial charge is 0.145 e. The van der Waals surface area contributed by atoms with Gasteiger partial charge in [-0.15, -0.1) is 0 Å². The summed E-state index contributed by atoms with van der Waals surface area (Å²) in [5, 5.41) is 0.568. The van der Waals surface area contributed by atoms with Crippen molar-refractivity contribution in [2.24, 2.45) is 0 Å². The summed E-state index contributed by atoms with van der Waals surface area (Å²) in [6, 6.07) is 8.35. The van der Waals surface area contributed by atoms with Gasteiger partial charge in [0, 0.05) is 5.56 Å². The first kappa shape index (κ1) is 16.6. The Labute approximate surface area is 136 Å². The van der Waals surface area contributed by atoms with E-state index >= 15 is 0 Å². The third kappa shape index (κ3) is 3.17. The van der Waals surface area contributed by atoms with Gasteiger partial charge in [-0.05, 0) is 47.7 Å². The van der Waals surface area contributed by atoms with E-state index in [1.807, 2.05) is 25.1 Å². The highest BCUT2D eigenvalue weighted by Crippen LogP contribution is 2.43. The largest absolute Gasteiger partial charge is 0.495 e. The average Bonchev–Trinajstić information content (AvgIpc) is 2.49. The highest BCUT2D eigenvalue weighted by atomic mass is 35.5. The van der Waals surface area contributed by atoms with E-state index in [-0.39, 0.29) is 5.82 Å². The van der Waals surface area contributed by atoms with Gasteiger partial charge in [-0.2, -0.15) is 0 Å². The molecule has 0 spiro atoms. The van der Waals surface area contributed by atoms with Crippen LogP contribution in [0.25, 0.3) is 17.2 Å². The summed E-state index contributed by atoms with van der Waals surface area (Å²) in [5.41, 5.74) is 3.99. The van der Waals surface area contributed by atoms with Gasteiger partial charge in [-0.25, -0.2) is 4.39 Å². The van der Waals surface area contributed by atoms with E-state index in [2.05, 4.69) is 13.8 Å². The van der Waals surface area contributed by atoms with Crippen LogP contribution >= 0.6 is 11.6 Å². The van der Waals surface area contributed by atoms with Gasteiger partial charge in [0.25, 0.3) is 0 Å². The summed E-state index contributed by atoms with van der Waals surface area (Å²) in [6.07, 6.45) is 4.04. The molecule has 0 heterocycles. The van der Waals surface area contributed by atoms with E-state index in [1.165, 1.54) is 12.1 Å². The zero-order valence-corrected chi connectivity index (χ0v) is 14.0. The van der Waals surface area contributed by atoms with Gasteiger partial charge in [0.05, 0.1) is 12.1 Å². The molecule has 0 radical (unpaired) electrons. The van der Waals surface area contributed by atoms with Crippen molar-refractivity contribution in [1.29, 1.82) is 0 Å². The van der Waals surface area contributed by atoms with Crippen molar-refractivity contribution in [3.63, 3.8) is 0 Å². The number of allylic oxidation sites excluding steroid dienone is 1. The molecule has 0 saturated heterocycles. The lowest BCUT2D eigenvalue weighted by molar-refractivity contribution is 0.416. The van der Waals surface area contributed by atoms with Crippen LogP contribution in [0.5, 0.6) is 5.75 Å². The maximum absolute atomic E-state index is 13.2. The van der Waals surface area contributed by atoms with Crippen LogP contribution in [0.15, 0.2) is 36.4 Å². The average molecular weight is 319 g/mol. The zero-order valence-electron chi connectivity index (χ0n) is 13.3. The molecule has 0 unspecified atom stereocenters. The van der Waals surface area contributed by atoms with Crippen LogP contribution in [0.3, 0.4) is 0 Å². The first-order valence-electron chi connectivity index (χ1n) is 7.28. The van der Waals surface area contributed by atoms with Gasteiger partial charge in [0.1, 0.15) is 11.6 Å². The minimum absolute atomic E-state index is 0.263. The minimum atomic E-state index is -0.263. The third-order valence-corrected chi connectivity index (χ3v) is 3.88. The van der Waals surface area contributed by atoms with Crippen molar-refractivity contribution >= 4 is 17.7 Å². The predicted molar refractivity (Wildman–Crippen MR) is 92.2 cm³/mol. The molecule has 2 rings (SSSR count). The Morgan fingerprint density at radius 3 is 2.32 bits per heavy atom. The second-order valence-electron chi connectivity index (χ2n) is 5.43. The molecule has 2 aromatic carbocycles. The van der Waals surface area contributed by atoms with Crippen LogP contribution in [0.1, 0.15) is 37.8 Å². The lowest BCUT2D eigenvalue weighted by Gasteiger charge is -2.20. The number of benzene rings is 2. The second-order valence-corrected chi connectivity index (χ2v) is 5.84. The predicted octanol–water partition coefficient (Wildman–Crippen LogP) is 6.31. The third-order valence-electron chi connectivity index (χ3n) is 3.60. The highest BCUT2D eigenvalue weighted by molar-refractivity contribution is 6.32. The van der Waals surface area contributed by atoms with E-state index in [9.17, 15) is 4.39 Å². The van der Waals surface area contributed by atoms with E-state index in [0.717, 1.165) is 22.3 Å². The molecule has 0 bridgehead atoms. The molecule has 0 amide bonds. The van der Waals surface area contributed by atoms with E-state index in [1.54, 1.807) is 19.2 Å². The van der Waals surface area contributed by atoms with Crippen molar-refractivity contribution in [1.82, 2.24) is 0 Å². The lowest BCUT2D eigenvalue weighted by Crippen LogP contribution is -1.99. The monoisotopic (exact) mass is 318 g/mol. The molecule has 0 saturated carbocycles. The Morgan fingerprint density at radius 1 is 1.18 bits per heavy atom. The van der Waals surface area contributed by atoms with E-state index < -0.39 is 0 Å². The number of rotatable bonds is 4. The van der Waals surface area contributed by atoms with Gasteiger partial charge < -0.3 is 4.74 Å². The van der Waals surface area contributed by atoms with E-state index in [4.69, 9.17) is 16.3 Å². The fraction of sp³-hybridized carbons (Fsp3) is 0.263. The summed E-state index contributed by atoms with van der Waals surface area (Å²) < 4.78 is 18.8. The summed E-state index contributed by atoms with van der Waals surface area (Å²) in [5.74, 6) is 0.668. The van der Waals surface area contributed by atoms with Crippen LogP contribution < -0.4 is 4.74 Å². The highest BCUT2D eigenvalue weighted by Gasteiger charge is 2.19. The van der Waals surface area contributed by atoms with E-state index in [0.29, 0.717) is 16.7 Å². The Hall–Kier alpha value is -1.80. The van der Waals surface area contributed by atoms with Crippen molar-refractivity contribution in [2.45, 2.75) is 26.7 Å². The SMILES string of the molecule is CC=Cc1c(C(C)C)cc(Cl)c(OC)c1-c1ccc(F)cc1. The van der Waals surface area contributed by atoms with Crippen LogP contribution in [-0.4, -0.2) is 7.11 Å². The van der Waals surface area contributed by atoms with Crippen LogP contribution in [0, 0.1) is 5.82 Å². The van der Waals surface area contributed by atoms with Crippen molar-refractivity contribution in [3.05, 3.63) is 58.4 Å². The molecule has 0 N–H and O–H groups in total. The topological polar surface area (TPSA) is 9.23 Å². The normalized spacial score (nSPS) is 11.4.